The molecule has 15 heavy (non-hydrogen) atoms. The van der Waals surface area contributed by atoms with Crippen molar-refractivity contribution in [2.45, 2.75) is 32.7 Å². The summed E-state index contributed by atoms with van der Waals surface area (Å²) in [6, 6.07) is -0.561. The molecule has 0 heterocycles. The minimum Gasteiger partial charge on any atom is -0.467 e. The number of carbonyl (C=O) groups excluding carboxylic acids is 2. The molecule has 0 aliphatic carbocycles. The van der Waals surface area contributed by atoms with E-state index in [0.717, 1.165) is 0 Å². The number of carbonyl (C=O) groups is 2. The highest BCUT2D eigenvalue weighted by atomic mass is 16.5. The Hall–Kier alpha value is -1.10. The zero-order chi connectivity index (χ0) is 11.8. The molecule has 0 spiro atoms. The summed E-state index contributed by atoms with van der Waals surface area (Å²) in [7, 11) is 1.31. The highest BCUT2D eigenvalue weighted by Crippen LogP contribution is 2.06. The fraction of sp³-hybridized carbons (Fsp3) is 0.800. The summed E-state index contributed by atoms with van der Waals surface area (Å²) < 4.78 is 4.61. The summed E-state index contributed by atoms with van der Waals surface area (Å²) in [5.41, 5.74) is 5.24. The first-order chi connectivity index (χ1) is 7.01. The molecule has 0 rings (SSSR count). The molecule has 1 amide bonds. The van der Waals surface area contributed by atoms with Crippen molar-refractivity contribution in [2.24, 2.45) is 11.7 Å². The summed E-state index contributed by atoms with van der Waals surface area (Å²) >= 11 is 0. The van der Waals surface area contributed by atoms with Gasteiger partial charge in [-0.2, -0.15) is 0 Å². The van der Waals surface area contributed by atoms with E-state index in [0.29, 0.717) is 12.3 Å². The average Bonchev–Trinajstić information content (AvgIpc) is 2.15. The fourth-order valence-electron chi connectivity index (χ4n) is 1.23. The molecular weight excluding hydrogens is 196 g/mol. The van der Waals surface area contributed by atoms with E-state index in [1.807, 2.05) is 13.8 Å². The first-order valence-corrected chi connectivity index (χ1v) is 5.08. The van der Waals surface area contributed by atoms with Crippen molar-refractivity contribution in [1.82, 2.24) is 5.32 Å². The second-order valence-electron chi connectivity index (χ2n) is 3.81. The number of hydrogen-bond donors (Lipinski definition) is 2. The van der Waals surface area contributed by atoms with Crippen LogP contribution in [0.1, 0.15) is 26.7 Å². The third-order valence-corrected chi connectivity index (χ3v) is 1.90. The van der Waals surface area contributed by atoms with E-state index in [-0.39, 0.29) is 18.9 Å². The topological polar surface area (TPSA) is 81.4 Å². The third-order valence-electron chi connectivity index (χ3n) is 1.90. The maximum Gasteiger partial charge on any atom is 0.328 e. The van der Waals surface area contributed by atoms with Crippen LogP contribution in [-0.4, -0.2) is 31.6 Å². The van der Waals surface area contributed by atoms with Crippen LogP contribution in [0.2, 0.25) is 0 Å². The van der Waals surface area contributed by atoms with Crippen molar-refractivity contribution in [3.8, 4) is 0 Å². The van der Waals surface area contributed by atoms with Crippen LogP contribution in [0.3, 0.4) is 0 Å². The predicted molar refractivity (Wildman–Crippen MR) is 57.1 cm³/mol. The zero-order valence-corrected chi connectivity index (χ0v) is 9.58. The monoisotopic (exact) mass is 216 g/mol. The van der Waals surface area contributed by atoms with Crippen molar-refractivity contribution in [3.05, 3.63) is 0 Å². The first kappa shape index (κ1) is 13.9. The van der Waals surface area contributed by atoms with Gasteiger partial charge in [0.15, 0.2) is 0 Å². The number of esters is 1. The van der Waals surface area contributed by atoms with E-state index in [9.17, 15) is 9.59 Å². The molecular formula is C10H20N2O3. The molecule has 0 aromatic carbocycles. The Morgan fingerprint density at radius 2 is 2.00 bits per heavy atom. The number of nitrogens with two attached hydrogens (primary N) is 1. The zero-order valence-electron chi connectivity index (χ0n) is 9.58. The van der Waals surface area contributed by atoms with Gasteiger partial charge in [-0.05, 0) is 12.3 Å². The summed E-state index contributed by atoms with van der Waals surface area (Å²) in [5, 5.41) is 2.61. The smallest absolute Gasteiger partial charge is 0.328 e. The van der Waals surface area contributed by atoms with E-state index in [1.54, 1.807) is 0 Å². The number of methoxy groups -OCH3 is 1. The van der Waals surface area contributed by atoms with Gasteiger partial charge in [0, 0.05) is 13.0 Å². The number of amides is 1. The summed E-state index contributed by atoms with van der Waals surface area (Å²) in [6.07, 6.45) is 0.800. The lowest BCUT2D eigenvalue weighted by atomic mass is 10.0. The Balaban J connectivity index is 4.24. The van der Waals surface area contributed by atoms with Gasteiger partial charge in [-0.15, -0.1) is 0 Å². The molecule has 5 heteroatoms. The second kappa shape index (κ2) is 7.23. The minimum absolute atomic E-state index is 0.214. The third kappa shape index (κ3) is 6.06. The molecule has 0 aromatic rings. The van der Waals surface area contributed by atoms with Crippen LogP contribution < -0.4 is 11.1 Å². The Kier molecular flexibility index (Phi) is 6.70. The van der Waals surface area contributed by atoms with Crippen LogP contribution in [0.25, 0.3) is 0 Å². The maximum absolute atomic E-state index is 11.3. The Morgan fingerprint density at radius 1 is 1.40 bits per heavy atom. The maximum atomic E-state index is 11.3. The Bertz CT molecular complexity index is 217. The molecule has 0 bridgehead atoms. The molecule has 88 valence electrons. The number of rotatable bonds is 6. The molecule has 3 N–H and O–H groups in total. The summed E-state index contributed by atoms with van der Waals surface area (Å²) in [5.74, 6) is -0.310. The molecule has 1 atom stereocenters. The predicted octanol–water partition coefficient (Wildman–Crippen LogP) is 0.0391. The summed E-state index contributed by atoms with van der Waals surface area (Å²) in [4.78, 5) is 22.6. The van der Waals surface area contributed by atoms with Gasteiger partial charge < -0.3 is 15.8 Å². The van der Waals surface area contributed by atoms with Gasteiger partial charge in [-0.1, -0.05) is 13.8 Å². The molecule has 0 aliphatic heterocycles. The van der Waals surface area contributed by atoms with Crippen LogP contribution in [0.4, 0.5) is 0 Å². The molecule has 0 saturated carbocycles. The normalized spacial score (nSPS) is 12.3. The van der Waals surface area contributed by atoms with E-state index < -0.39 is 12.0 Å². The first-order valence-electron chi connectivity index (χ1n) is 5.08. The second-order valence-corrected chi connectivity index (χ2v) is 3.81. The van der Waals surface area contributed by atoms with E-state index in [1.165, 1.54) is 7.11 Å². The molecule has 0 aliphatic rings. The largest absolute Gasteiger partial charge is 0.467 e. The van der Waals surface area contributed by atoms with Gasteiger partial charge in [-0.3, -0.25) is 4.79 Å². The Morgan fingerprint density at radius 3 is 2.40 bits per heavy atom. The highest BCUT2D eigenvalue weighted by molar-refractivity contribution is 5.84. The molecule has 0 saturated heterocycles. The van der Waals surface area contributed by atoms with Crippen LogP contribution in [-0.2, 0) is 14.3 Å². The molecule has 0 radical (unpaired) electrons. The van der Waals surface area contributed by atoms with Crippen molar-refractivity contribution >= 4 is 11.9 Å². The van der Waals surface area contributed by atoms with E-state index >= 15 is 0 Å². The van der Waals surface area contributed by atoms with Gasteiger partial charge in [0.25, 0.3) is 0 Å². The molecule has 5 nitrogen and oxygen atoms in total. The minimum atomic E-state index is -0.561. The van der Waals surface area contributed by atoms with Crippen LogP contribution in [0, 0.1) is 5.92 Å². The summed E-state index contributed by atoms with van der Waals surface area (Å²) in [6.45, 7) is 4.23. The lowest BCUT2D eigenvalue weighted by Gasteiger charge is -2.17. The van der Waals surface area contributed by atoms with Crippen molar-refractivity contribution in [2.75, 3.05) is 13.7 Å². The van der Waals surface area contributed by atoms with Crippen molar-refractivity contribution in [1.29, 1.82) is 0 Å². The van der Waals surface area contributed by atoms with E-state index in [2.05, 4.69) is 10.1 Å². The average molecular weight is 216 g/mol. The molecule has 0 fully saturated rings. The van der Waals surface area contributed by atoms with Gasteiger partial charge in [0.05, 0.1) is 7.11 Å². The molecule has 0 unspecified atom stereocenters. The van der Waals surface area contributed by atoms with E-state index in [4.69, 9.17) is 5.73 Å². The van der Waals surface area contributed by atoms with Crippen molar-refractivity contribution in [3.63, 3.8) is 0 Å². The van der Waals surface area contributed by atoms with Gasteiger partial charge >= 0.3 is 5.97 Å². The quantitative estimate of drug-likeness (QED) is 0.614. The van der Waals surface area contributed by atoms with Gasteiger partial charge in [0.1, 0.15) is 6.04 Å². The van der Waals surface area contributed by atoms with Crippen LogP contribution in [0.15, 0.2) is 0 Å². The van der Waals surface area contributed by atoms with Crippen LogP contribution >= 0.6 is 0 Å². The highest BCUT2D eigenvalue weighted by Gasteiger charge is 2.21. The lowest BCUT2D eigenvalue weighted by Crippen LogP contribution is -2.42. The fourth-order valence-corrected chi connectivity index (χ4v) is 1.23. The van der Waals surface area contributed by atoms with Gasteiger partial charge in [0.2, 0.25) is 5.91 Å². The SMILES string of the molecule is COC(=O)[C@H](CC(C)C)NC(=O)CCN. The number of hydrogen-bond acceptors (Lipinski definition) is 4. The molecule has 0 aromatic heterocycles. The number of ether oxygens (including phenoxy) is 1. The Labute approximate surface area is 90.4 Å². The van der Waals surface area contributed by atoms with Gasteiger partial charge in [-0.25, -0.2) is 4.79 Å². The lowest BCUT2D eigenvalue weighted by molar-refractivity contribution is -0.145. The van der Waals surface area contributed by atoms with Crippen molar-refractivity contribution < 1.29 is 14.3 Å². The van der Waals surface area contributed by atoms with Crippen LogP contribution in [0.5, 0.6) is 0 Å². The standard InChI is InChI=1S/C10H20N2O3/c1-7(2)6-8(10(14)15-3)12-9(13)4-5-11/h7-8H,4-6,11H2,1-3H3,(H,12,13)/t8-/m0/s1. The number of nitrogens with one attached hydrogen (secondary N) is 1.